The Morgan fingerprint density at radius 1 is 1.15 bits per heavy atom. The third-order valence-electron chi connectivity index (χ3n) is 5.89. The third-order valence-corrected chi connectivity index (χ3v) is 6.66. The molecule has 0 spiro atoms. The molecule has 0 radical (unpaired) electrons. The number of thiazole rings is 1. The van der Waals surface area contributed by atoms with Crippen LogP contribution < -0.4 is 10.2 Å². The molecule has 6 nitrogen and oxygen atoms in total. The molecule has 0 saturated carbocycles. The Morgan fingerprint density at radius 2 is 1.91 bits per heavy atom. The van der Waals surface area contributed by atoms with Gasteiger partial charge < -0.3 is 15.3 Å². The molecule has 33 heavy (non-hydrogen) atoms. The largest absolute Gasteiger partial charge is 0.508 e. The number of aromatic nitrogens is 1. The number of carbonyl (C=O) groups excluding carboxylic acids is 1. The van der Waals surface area contributed by atoms with E-state index in [1.54, 1.807) is 29.7 Å². The number of hydrogen-bond donors (Lipinski definition) is 2. The number of phenols is 1. The highest BCUT2D eigenvalue weighted by atomic mass is 32.1. The topological polar surface area (TPSA) is 68.7 Å². The number of benzene rings is 2. The Bertz CT molecular complexity index is 1010. The highest BCUT2D eigenvalue weighted by molar-refractivity contribution is 7.09. The van der Waals surface area contributed by atoms with Crippen molar-refractivity contribution in [3.63, 3.8) is 0 Å². The van der Waals surface area contributed by atoms with Crippen LogP contribution in [-0.2, 0) is 17.8 Å². The SMILES string of the molecule is CN(Cc1nccs1)C(N(C)c1cccc(O)c1)C(C)(C)C(=O)NCCCc1ccccc1. The first kappa shape index (κ1) is 24.7. The lowest BCUT2D eigenvalue weighted by Gasteiger charge is -2.45. The average Bonchev–Trinajstić information content (AvgIpc) is 3.30. The van der Waals surface area contributed by atoms with E-state index in [0.717, 1.165) is 23.5 Å². The molecule has 3 aromatic rings. The summed E-state index contributed by atoms with van der Waals surface area (Å²) in [6.07, 6.45) is 3.34. The molecule has 0 bridgehead atoms. The molecular formula is C26H34N4O2S. The highest BCUT2D eigenvalue weighted by Crippen LogP contribution is 2.32. The van der Waals surface area contributed by atoms with Crippen LogP contribution in [0.25, 0.3) is 0 Å². The summed E-state index contributed by atoms with van der Waals surface area (Å²) in [7, 11) is 3.97. The fraction of sp³-hybridized carbons (Fsp3) is 0.385. The Labute approximate surface area is 200 Å². The molecule has 0 aliphatic heterocycles. The summed E-state index contributed by atoms with van der Waals surface area (Å²) in [5.41, 5.74) is 1.38. The number of aryl methyl sites for hydroxylation is 1. The Kier molecular flexibility index (Phi) is 8.47. The molecule has 1 aromatic heterocycles. The minimum atomic E-state index is -0.737. The fourth-order valence-electron chi connectivity index (χ4n) is 4.30. The van der Waals surface area contributed by atoms with Gasteiger partial charge in [-0.25, -0.2) is 4.98 Å². The molecule has 3 rings (SSSR count). The normalized spacial score (nSPS) is 12.5. The van der Waals surface area contributed by atoms with Gasteiger partial charge in [-0.15, -0.1) is 11.3 Å². The molecule has 7 heteroatoms. The van der Waals surface area contributed by atoms with Crippen LogP contribution in [0.4, 0.5) is 5.69 Å². The van der Waals surface area contributed by atoms with Crippen LogP contribution in [0.15, 0.2) is 66.2 Å². The van der Waals surface area contributed by atoms with E-state index in [0.29, 0.717) is 13.1 Å². The average molecular weight is 467 g/mol. The lowest BCUT2D eigenvalue weighted by molar-refractivity contribution is -0.133. The summed E-state index contributed by atoms with van der Waals surface area (Å²) < 4.78 is 0. The van der Waals surface area contributed by atoms with Gasteiger partial charge in [-0.3, -0.25) is 9.69 Å². The van der Waals surface area contributed by atoms with Gasteiger partial charge >= 0.3 is 0 Å². The molecule has 0 aliphatic rings. The molecular weight excluding hydrogens is 432 g/mol. The molecule has 1 unspecified atom stereocenters. The van der Waals surface area contributed by atoms with Crippen LogP contribution in [0.1, 0.15) is 30.8 Å². The van der Waals surface area contributed by atoms with Crippen molar-refractivity contribution in [2.24, 2.45) is 5.41 Å². The molecule has 2 aromatic carbocycles. The first-order valence-corrected chi connectivity index (χ1v) is 12.1. The van der Waals surface area contributed by atoms with Gasteiger partial charge in [-0.2, -0.15) is 0 Å². The molecule has 0 saturated heterocycles. The van der Waals surface area contributed by atoms with E-state index < -0.39 is 5.41 Å². The van der Waals surface area contributed by atoms with Crippen molar-refractivity contribution in [1.82, 2.24) is 15.2 Å². The van der Waals surface area contributed by atoms with Crippen LogP contribution in [0.3, 0.4) is 0 Å². The van der Waals surface area contributed by atoms with Gasteiger partial charge in [-0.05, 0) is 51.4 Å². The summed E-state index contributed by atoms with van der Waals surface area (Å²) in [4.78, 5) is 22.0. The quantitative estimate of drug-likeness (QED) is 0.321. The van der Waals surface area contributed by atoms with E-state index in [1.807, 2.05) is 63.7 Å². The number of nitrogens with one attached hydrogen (secondary N) is 1. The molecule has 0 fully saturated rings. The first-order chi connectivity index (χ1) is 15.8. The second-order valence-corrected chi connectivity index (χ2v) is 9.89. The predicted octanol–water partition coefficient (Wildman–Crippen LogP) is 4.52. The Morgan fingerprint density at radius 3 is 2.58 bits per heavy atom. The lowest BCUT2D eigenvalue weighted by atomic mass is 9.86. The van der Waals surface area contributed by atoms with Crippen LogP contribution >= 0.6 is 11.3 Å². The summed E-state index contributed by atoms with van der Waals surface area (Å²) in [6.45, 7) is 5.19. The zero-order chi connectivity index (χ0) is 23.8. The fourth-order valence-corrected chi connectivity index (χ4v) is 4.98. The molecule has 176 valence electrons. The van der Waals surface area contributed by atoms with E-state index >= 15 is 0 Å². The third kappa shape index (κ3) is 6.55. The van der Waals surface area contributed by atoms with Crippen molar-refractivity contribution in [2.45, 2.75) is 39.4 Å². The number of nitrogens with zero attached hydrogens (tertiary/aromatic N) is 3. The monoisotopic (exact) mass is 466 g/mol. The second kappa shape index (κ2) is 11.3. The number of phenolic OH excluding ortho intramolecular Hbond substituents is 1. The van der Waals surface area contributed by atoms with Gasteiger partial charge in [0.2, 0.25) is 5.91 Å². The van der Waals surface area contributed by atoms with E-state index in [9.17, 15) is 9.90 Å². The molecule has 1 atom stereocenters. The number of hydrogen-bond acceptors (Lipinski definition) is 6. The smallest absolute Gasteiger partial charge is 0.229 e. The number of amides is 1. The Hall–Kier alpha value is -2.90. The summed E-state index contributed by atoms with van der Waals surface area (Å²) in [6, 6.07) is 17.4. The van der Waals surface area contributed by atoms with Gasteiger partial charge in [0, 0.05) is 36.9 Å². The van der Waals surface area contributed by atoms with Crippen molar-refractivity contribution in [3.05, 3.63) is 76.7 Å². The number of carbonyl (C=O) groups is 1. The van der Waals surface area contributed by atoms with Crippen LogP contribution in [-0.4, -0.2) is 47.7 Å². The predicted molar refractivity (Wildman–Crippen MR) is 135 cm³/mol. The van der Waals surface area contributed by atoms with Gasteiger partial charge in [-0.1, -0.05) is 36.4 Å². The van der Waals surface area contributed by atoms with Crippen molar-refractivity contribution >= 4 is 22.9 Å². The van der Waals surface area contributed by atoms with Gasteiger partial charge in [0.25, 0.3) is 0 Å². The van der Waals surface area contributed by atoms with Gasteiger partial charge in [0.15, 0.2) is 0 Å². The highest BCUT2D eigenvalue weighted by Gasteiger charge is 2.42. The maximum absolute atomic E-state index is 13.4. The van der Waals surface area contributed by atoms with Gasteiger partial charge in [0.1, 0.15) is 10.8 Å². The first-order valence-electron chi connectivity index (χ1n) is 11.2. The zero-order valence-electron chi connectivity index (χ0n) is 19.9. The number of rotatable bonds is 11. The lowest BCUT2D eigenvalue weighted by Crippen LogP contribution is -2.58. The van der Waals surface area contributed by atoms with Crippen molar-refractivity contribution < 1.29 is 9.90 Å². The van der Waals surface area contributed by atoms with Gasteiger partial charge in [0.05, 0.1) is 18.1 Å². The van der Waals surface area contributed by atoms with Crippen LogP contribution in [0.2, 0.25) is 0 Å². The van der Waals surface area contributed by atoms with Crippen LogP contribution in [0, 0.1) is 5.41 Å². The van der Waals surface area contributed by atoms with E-state index in [-0.39, 0.29) is 17.8 Å². The number of anilines is 1. The second-order valence-electron chi connectivity index (χ2n) is 8.91. The minimum Gasteiger partial charge on any atom is -0.508 e. The molecule has 1 heterocycles. The Balaban J connectivity index is 1.74. The number of aromatic hydroxyl groups is 1. The standard InChI is InChI=1S/C26H34N4O2S/c1-26(2,24(32)28-15-9-12-20-10-6-5-7-11-20)25(29(3)19-23-27-16-17-33-23)30(4)21-13-8-14-22(31)18-21/h5-8,10-11,13-14,16-18,25,31H,9,12,15,19H2,1-4H3,(H,28,32). The van der Waals surface area contributed by atoms with E-state index in [1.165, 1.54) is 5.56 Å². The summed E-state index contributed by atoms with van der Waals surface area (Å²) in [5, 5.41) is 16.1. The summed E-state index contributed by atoms with van der Waals surface area (Å²) >= 11 is 1.60. The van der Waals surface area contributed by atoms with E-state index in [4.69, 9.17) is 0 Å². The van der Waals surface area contributed by atoms with E-state index in [2.05, 4.69) is 32.2 Å². The maximum Gasteiger partial charge on any atom is 0.229 e. The molecule has 0 aliphatic carbocycles. The van der Waals surface area contributed by atoms with Crippen molar-refractivity contribution in [3.8, 4) is 5.75 Å². The van der Waals surface area contributed by atoms with Crippen molar-refractivity contribution in [2.75, 3.05) is 25.5 Å². The minimum absolute atomic E-state index is 0.00134. The summed E-state index contributed by atoms with van der Waals surface area (Å²) in [5.74, 6) is 0.197. The maximum atomic E-state index is 13.4. The van der Waals surface area contributed by atoms with Crippen LogP contribution in [0.5, 0.6) is 5.75 Å². The van der Waals surface area contributed by atoms with Crippen molar-refractivity contribution in [1.29, 1.82) is 0 Å². The zero-order valence-corrected chi connectivity index (χ0v) is 20.7. The molecule has 1 amide bonds. The molecule has 2 N–H and O–H groups in total.